The van der Waals surface area contributed by atoms with Crippen molar-refractivity contribution in [3.8, 4) is 0 Å². The third kappa shape index (κ3) is 2.13. The second-order valence-electron chi connectivity index (χ2n) is 4.70. The van der Waals surface area contributed by atoms with Crippen molar-refractivity contribution < 1.29 is 0 Å². The van der Waals surface area contributed by atoms with Gasteiger partial charge in [0, 0.05) is 18.4 Å². The lowest BCUT2D eigenvalue weighted by atomic mass is 10.4. The summed E-state index contributed by atoms with van der Waals surface area (Å²) < 4.78 is 1.86. The van der Waals surface area contributed by atoms with Gasteiger partial charge in [0.1, 0.15) is 5.65 Å². The number of hydrogen-bond donors (Lipinski definition) is 2. The van der Waals surface area contributed by atoms with Gasteiger partial charge in [-0.2, -0.15) is 15.1 Å². The summed E-state index contributed by atoms with van der Waals surface area (Å²) in [4.78, 5) is 15.7. The van der Waals surface area contributed by atoms with Crippen LogP contribution >= 0.6 is 0 Å². The van der Waals surface area contributed by atoms with Crippen molar-refractivity contribution in [1.82, 2.24) is 24.7 Å². The molecular weight excluding hydrogens is 254 g/mol. The summed E-state index contributed by atoms with van der Waals surface area (Å²) in [6, 6.07) is 2.18. The Morgan fingerprint density at radius 3 is 2.95 bits per heavy atom. The highest BCUT2D eigenvalue weighted by Crippen LogP contribution is 2.24. The molecular formula is C13H15N7. The maximum absolute atomic E-state index is 4.39. The Morgan fingerprint density at radius 1 is 1.40 bits per heavy atom. The van der Waals surface area contributed by atoms with E-state index >= 15 is 0 Å². The molecule has 0 amide bonds. The summed E-state index contributed by atoms with van der Waals surface area (Å²) >= 11 is 0. The monoisotopic (exact) mass is 269 g/mol. The van der Waals surface area contributed by atoms with Crippen LogP contribution in [0.25, 0.3) is 11.0 Å². The van der Waals surface area contributed by atoms with Gasteiger partial charge in [-0.25, -0.2) is 4.99 Å². The standard InChI is InChI=1S/C13H15N7/c1-8(2)20-7-9(6-16-20)17-13-18-11(14-3)10-4-5-15-12(10)19-13/h4-8H,3H2,1-2H3,(H2,15,17,18,19). The summed E-state index contributed by atoms with van der Waals surface area (Å²) in [7, 11) is 0. The van der Waals surface area contributed by atoms with Gasteiger partial charge in [0.15, 0.2) is 5.82 Å². The summed E-state index contributed by atoms with van der Waals surface area (Å²) in [6.45, 7) is 7.67. The molecule has 7 heteroatoms. The summed E-state index contributed by atoms with van der Waals surface area (Å²) in [6.07, 6.45) is 5.45. The van der Waals surface area contributed by atoms with Gasteiger partial charge in [0.05, 0.1) is 17.3 Å². The summed E-state index contributed by atoms with van der Waals surface area (Å²) in [5, 5.41) is 8.23. The van der Waals surface area contributed by atoms with Crippen LogP contribution in [0.4, 0.5) is 17.5 Å². The molecule has 3 aromatic rings. The lowest BCUT2D eigenvalue weighted by Crippen LogP contribution is -2.00. The first-order valence-electron chi connectivity index (χ1n) is 6.30. The molecule has 0 unspecified atom stereocenters. The predicted molar refractivity (Wildman–Crippen MR) is 79.0 cm³/mol. The maximum Gasteiger partial charge on any atom is 0.231 e. The molecule has 2 N–H and O–H groups in total. The Morgan fingerprint density at radius 2 is 2.25 bits per heavy atom. The van der Waals surface area contributed by atoms with E-state index in [9.17, 15) is 0 Å². The zero-order valence-corrected chi connectivity index (χ0v) is 11.3. The SMILES string of the molecule is C=Nc1nc(Nc2cnn(C(C)C)c2)nc2[nH]ccc12. The number of aromatic amines is 1. The number of anilines is 2. The molecule has 3 aromatic heterocycles. The first kappa shape index (κ1) is 12.3. The first-order chi connectivity index (χ1) is 9.67. The molecule has 0 atom stereocenters. The fourth-order valence-electron chi connectivity index (χ4n) is 1.92. The van der Waals surface area contributed by atoms with Gasteiger partial charge < -0.3 is 10.3 Å². The highest BCUT2D eigenvalue weighted by atomic mass is 15.3. The van der Waals surface area contributed by atoms with Gasteiger partial charge in [-0.05, 0) is 26.6 Å². The van der Waals surface area contributed by atoms with Gasteiger partial charge in [-0.15, -0.1) is 0 Å². The molecule has 0 spiro atoms. The topological polar surface area (TPSA) is 83.8 Å². The van der Waals surface area contributed by atoms with E-state index in [4.69, 9.17) is 0 Å². The van der Waals surface area contributed by atoms with Gasteiger partial charge in [0.2, 0.25) is 5.95 Å². The number of nitrogens with zero attached hydrogens (tertiary/aromatic N) is 5. The average molecular weight is 269 g/mol. The van der Waals surface area contributed by atoms with Crippen LogP contribution in [0.2, 0.25) is 0 Å². The summed E-state index contributed by atoms with van der Waals surface area (Å²) in [5.41, 5.74) is 1.56. The third-order valence-corrected chi connectivity index (χ3v) is 2.93. The number of hydrogen-bond acceptors (Lipinski definition) is 5. The molecule has 0 fully saturated rings. The quantitative estimate of drug-likeness (QED) is 0.713. The number of nitrogens with one attached hydrogen (secondary N) is 2. The second kappa shape index (κ2) is 4.76. The van der Waals surface area contributed by atoms with E-state index < -0.39 is 0 Å². The predicted octanol–water partition coefficient (Wildman–Crippen LogP) is 2.81. The Kier molecular flexibility index (Phi) is 2.94. The highest BCUT2D eigenvalue weighted by molar-refractivity contribution is 5.87. The fourth-order valence-corrected chi connectivity index (χ4v) is 1.92. The van der Waals surface area contributed by atoms with Crippen molar-refractivity contribution in [3.05, 3.63) is 24.7 Å². The number of fused-ring (bicyclic) bond motifs is 1. The van der Waals surface area contributed by atoms with Crippen molar-refractivity contribution in [2.24, 2.45) is 4.99 Å². The van der Waals surface area contributed by atoms with Crippen molar-refractivity contribution >= 4 is 35.2 Å². The fraction of sp³-hybridized carbons (Fsp3) is 0.231. The zero-order chi connectivity index (χ0) is 14.1. The van der Waals surface area contributed by atoms with Crippen molar-refractivity contribution in [1.29, 1.82) is 0 Å². The van der Waals surface area contributed by atoms with E-state index in [0.717, 1.165) is 16.7 Å². The van der Waals surface area contributed by atoms with E-state index in [1.807, 2.05) is 16.9 Å². The first-order valence-corrected chi connectivity index (χ1v) is 6.30. The number of aliphatic imine (C=N–C) groups is 1. The molecule has 3 heterocycles. The van der Waals surface area contributed by atoms with Gasteiger partial charge in [0.25, 0.3) is 0 Å². The maximum atomic E-state index is 4.39. The van der Waals surface area contributed by atoms with Crippen molar-refractivity contribution in [3.63, 3.8) is 0 Å². The van der Waals surface area contributed by atoms with E-state index in [2.05, 4.69) is 50.9 Å². The normalized spacial score (nSPS) is 11.2. The molecule has 3 rings (SSSR count). The lowest BCUT2D eigenvalue weighted by molar-refractivity contribution is 0.532. The Bertz CT molecular complexity index is 753. The zero-order valence-electron chi connectivity index (χ0n) is 11.3. The molecule has 102 valence electrons. The van der Waals surface area contributed by atoms with E-state index in [0.29, 0.717) is 17.8 Å². The molecule has 7 nitrogen and oxygen atoms in total. The van der Waals surface area contributed by atoms with Crippen LogP contribution in [0.3, 0.4) is 0 Å². The average Bonchev–Trinajstić information content (AvgIpc) is 3.06. The van der Waals surface area contributed by atoms with Crippen LogP contribution in [-0.4, -0.2) is 31.4 Å². The molecule has 0 aliphatic carbocycles. The molecule has 0 aromatic carbocycles. The van der Waals surface area contributed by atoms with Crippen LogP contribution in [0.15, 0.2) is 29.6 Å². The van der Waals surface area contributed by atoms with Crippen molar-refractivity contribution in [2.75, 3.05) is 5.32 Å². The van der Waals surface area contributed by atoms with Crippen LogP contribution in [0.1, 0.15) is 19.9 Å². The van der Waals surface area contributed by atoms with Crippen LogP contribution in [0, 0.1) is 0 Å². The molecule has 20 heavy (non-hydrogen) atoms. The van der Waals surface area contributed by atoms with Crippen molar-refractivity contribution in [2.45, 2.75) is 19.9 Å². The Hall–Kier alpha value is -2.70. The molecule has 0 aliphatic heterocycles. The smallest absolute Gasteiger partial charge is 0.231 e. The number of H-pyrrole nitrogens is 1. The Labute approximate surface area is 115 Å². The largest absolute Gasteiger partial charge is 0.346 e. The van der Waals surface area contributed by atoms with E-state index in [1.54, 1.807) is 12.4 Å². The third-order valence-electron chi connectivity index (χ3n) is 2.93. The van der Waals surface area contributed by atoms with E-state index in [-0.39, 0.29) is 0 Å². The minimum Gasteiger partial charge on any atom is -0.346 e. The van der Waals surface area contributed by atoms with Gasteiger partial charge in [-0.3, -0.25) is 4.68 Å². The minimum absolute atomic E-state index is 0.308. The molecule has 0 saturated carbocycles. The molecule has 0 aliphatic rings. The Balaban J connectivity index is 1.95. The van der Waals surface area contributed by atoms with E-state index in [1.165, 1.54) is 0 Å². The molecule has 0 saturated heterocycles. The molecule has 0 radical (unpaired) electrons. The van der Waals surface area contributed by atoms with Crippen LogP contribution in [-0.2, 0) is 0 Å². The lowest BCUT2D eigenvalue weighted by Gasteiger charge is -2.04. The summed E-state index contributed by atoms with van der Waals surface area (Å²) in [5.74, 6) is 1.01. The van der Waals surface area contributed by atoms with Gasteiger partial charge in [-0.1, -0.05) is 0 Å². The minimum atomic E-state index is 0.308. The second-order valence-corrected chi connectivity index (χ2v) is 4.70. The number of aromatic nitrogens is 5. The van der Waals surface area contributed by atoms with Crippen LogP contribution < -0.4 is 5.32 Å². The van der Waals surface area contributed by atoms with Gasteiger partial charge >= 0.3 is 0 Å². The highest BCUT2D eigenvalue weighted by Gasteiger charge is 2.09. The number of rotatable bonds is 4. The molecule has 0 bridgehead atoms. The van der Waals surface area contributed by atoms with Crippen LogP contribution in [0.5, 0.6) is 0 Å².